The fourth-order valence-electron chi connectivity index (χ4n) is 3.94. The summed E-state index contributed by atoms with van der Waals surface area (Å²) in [5.41, 5.74) is 6.15. The van der Waals surface area contributed by atoms with Crippen LogP contribution in [0.2, 0.25) is 0 Å². The van der Waals surface area contributed by atoms with Gasteiger partial charge in [-0.2, -0.15) is 0 Å². The summed E-state index contributed by atoms with van der Waals surface area (Å²) in [5, 5.41) is 9.62. The van der Waals surface area contributed by atoms with Crippen LogP contribution in [-0.4, -0.2) is 56.5 Å². The predicted octanol–water partition coefficient (Wildman–Crippen LogP) is 1.73. The van der Waals surface area contributed by atoms with Crippen LogP contribution in [0.15, 0.2) is 58.5 Å². The van der Waals surface area contributed by atoms with E-state index in [4.69, 9.17) is 10.5 Å². The molecule has 35 heavy (non-hydrogen) atoms. The second-order valence-corrected chi connectivity index (χ2v) is 8.83. The minimum atomic E-state index is -0.645. The van der Waals surface area contributed by atoms with Gasteiger partial charge in [-0.15, -0.1) is 10.2 Å². The predicted molar refractivity (Wildman–Crippen MR) is 129 cm³/mol. The molecule has 0 spiro atoms. The van der Waals surface area contributed by atoms with E-state index in [0.29, 0.717) is 59.8 Å². The van der Waals surface area contributed by atoms with Gasteiger partial charge < -0.3 is 15.4 Å². The summed E-state index contributed by atoms with van der Waals surface area (Å²) in [6.45, 7) is 2.07. The molecule has 0 bridgehead atoms. The number of fused-ring (bicyclic) bond motifs is 1. The largest absolute Gasteiger partial charge is 0.378 e. The Morgan fingerprint density at radius 3 is 2.69 bits per heavy atom. The van der Waals surface area contributed by atoms with Crippen molar-refractivity contribution in [3.8, 4) is 5.69 Å². The number of anilines is 1. The molecule has 1 aliphatic rings. The zero-order valence-electron chi connectivity index (χ0n) is 18.6. The quantitative estimate of drug-likeness (QED) is 0.385. The van der Waals surface area contributed by atoms with Crippen LogP contribution < -0.4 is 16.2 Å². The summed E-state index contributed by atoms with van der Waals surface area (Å²) in [6.07, 6.45) is 0. The van der Waals surface area contributed by atoms with Gasteiger partial charge in [-0.05, 0) is 30.3 Å². The molecule has 10 nitrogen and oxygen atoms in total. The van der Waals surface area contributed by atoms with Crippen molar-refractivity contribution in [2.45, 2.75) is 17.5 Å². The summed E-state index contributed by atoms with van der Waals surface area (Å²) < 4.78 is 22.6. The fourth-order valence-corrected chi connectivity index (χ4v) is 4.83. The number of para-hydroxylation sites is 1. The van der Waals surface area contributed by atoms with Gasteiger partial charge in [0.1, 0.15) is 18.2 Å². The number of carbonyl (C=O) groups is 1. The second kappa shape index (κ2) is 9.84. The summed E-state index contributed by atoms with van der Waals surface area (Å²) in [4.78, 5) is 31.4. The highest BCUT2D eigenvalue weighted by Gasteiger charge is 2.23. The van der Waals surface area contributed by atoms with Crippen LogP contribution in [0.4, 0.5) is 10.3 Å². The molecule has 2 aromatic carbocycles. The van der Waals surface area contributed by atoms with E-state index in [9.17, 15) is 14.0 Å². The molecular formula is C23H22FN7O3S. The standard InChI is InChI=1S/C23H22FN7O3S/c24-15-4-3-5-16(12-15)31-22(29-8-10-34-11-9-29)27-28-23(31)35-14-20-26-18-7-2-1-6-17(18)21(33)30(20)13-19(25)32/h1-7,12H,8-11,13-14H2,(H2,25,32). The van der Waals surface area contributed by atoms with E-state index < -0.39 is 5.91 Å². The van der Waals surface area contributed by atoms with Crippen molar-refractivity contribution in [1.82, 2.24) is 24.3 Å². The number of hydrogen-bond donors (Lipinski definition) is 1. The van der Waals surface area contributed by atoms with Crippen molar-refractivity contribution in [3.05, 3.63) is 70.5 Å². The lowest BCUT2D eigenvalue weighted by Crippen LogP contribution is -2.37. The van der Waals surface area contributed by atoms with Gasteiger partial charge >= 0.3 is 0 Å². The number of primary amides is 1. The first-order valence-corrected chi connectivity index (χ1v) is 11.9. The number of thioether (sulfide) groups is 1. The van der Waals surface area contributed by atoms with Gasteiger partial charge in [0, 0.05) is 13.1 Å². The van der Waals surface area contributed by atoms with Crippen LogP contribution in [0.5, 0.6) is 0 Å². The summed E-state index contributed by atoms with van der Waals surface area (Å²) >= 11 is 1.28. The number of hydrogen-bond acceptors (Lipinski definition) is 8. The molecule has 180 valence electrons. The van der Waals surface area contributed by atoms with Gasteiger partial charge in [0.05, 0.1) is 35.6 Å². The van der Waals surface area contributed by atoms with Crippen molar-refractivity contribution < 1.29 is 13.9 Å². The molecule has 0 atom stereocenters. The van der Waals surface area contributed by atoms with E-state index in [1.54, 1.807) is 41.0 Å². The van der Waals surface area contributed by atoms with E-state index in [1.165, 1.54) is 28.5 Å². The molecule has 0 saturated carbocycles. The van der Waals surface area contributed by atoms with Crippen molar-refractivity contribution in [2.75, 3.05) is 31.2 Å². The van der Waals surface area contributed by atoms with Crippen molar-refractivity contribution in [3.63, 3.8) is 0 Å². The average molecular weight is 496 g/mol. The monoisotopic (exact) mass is 495 g/mol. The van der Waals surface area contributed by atoms with Crippen LogP contribution >= 0.6 is 11.8 Å². The van der Waals surface area contributed by atoms with Crippen molar-refractivity contribution >= 4 is 34.5 Å². The van der Waals surface area contributed by atoms with Gasteiger partial charge in [-0.25, -0.2) is 9.37 Å². The maximum absolute atomic E-state index is 14.1. The van der Waals surface area contributed by atoms with E-state index >= 15 is 0 Å². The van der Waals surface area contributed by atoms with Gasteiger partial charge in [0.2, 0.25) is 11.9 Å². The maximum Gasteiger partial charge on any atom is 0.261 e. The molecule has 2 aromatic heterocycles. The van der Waals surface area contributed by atoms with Gasteiger partial charge in [-0.1, -0.05) is 30.0 Å². The van der Waals surface area contributed by atoms with Crippen LogP contribution in [0.25, 0.3) is 16.6 Å². The first-order chi connectivity index (χ1) is 17.0. The van der Waals surface area contributed by atoms with Gasteiger partial charge in [0.15, 0.2) is 5.16 Å². The molecule has 0 unspecified atom stereocenters. The number of benzene rings is 2. The van der Waals surface area contributed by atoms with E-state index in [1.807, 2.05) is 4.90 Å². The first kappa shape index (κ1) is 23.0. The molecule has 1 saturated heterocycles. The van der Waals surface area contributed by atoms with E-state index in [0.717, 1.165) is 0 Å². The van der Waals surface area contributed by atoms with Crippen LogP contribution in [0.3, 0.4) is 0 Å². The van der Waals surface area contributed by atoms with E-state index in [-0.39, 0.29) is 23.7 Å². The third kappa shape index (κ3) is 4.75. The minimum Gasteiger partial charge on any atom is -0.378 e. The van der Waals surface area contributed by atoms with Crippen LogP contribution in [-0.2, 0) is 21.8 Å². The normalized spacial score (nSPS) is 13.9. The molecule has 5 rings (SSSR count). The third-order valence-corrected chi connectivity index (χ3v) is 6.49. The lowest BCUT2D eigenvalue weighted by molar-refractivity contribution is -0.118. The van der Waals surface area contributed by atoms with Crippen molar-refractivity contribution in [2.24, 2.45) is 5.73 Å². The molecule has 2 N–H and O–H groups in total. The number of amides is 1. The summed E-state index contributed by atoms with van der Waals surface area (Å²) in [6, 6.07) is 13.1. The Balaban J connectivity index is 1.54. The Morgan fingerprint density at radius 1 is 1.11 bits per heavy atom. The molecular weight excluding hydrogens is 473 g/mol. The zero-order chi connectivity index (χ0) is 24.4. The van der Waals surface area contributed by atoms with Gasteiger partial charge in [-0.3, -0.25) is 18.7 Å². The summed E-state index contributed by atoms with van der Waals surface area (Å²) in [5.74, 6) is 0.130. The van der Waals surface area contributed by atoms with Crippen LogP contribution in [0.1, 0.15) is 5.82 Å². The first-order valence-electron chi connectivity index (χ1n) is 10.9. The Kier molecular flexibility index (Phi) is 6.47. The highest BCUT2D eigenvalue weighted by atomic mass is 32.2. The number of aromatic nitrogens is 5. The molecule has 4 aromatic rings. The lowest BCUT2D eigenvalue weighted by atomic mass is 10.2. The SMILES string of the molecule is NC(=O)Cn1c(CSc2nnc(N3CCOCC3)n2-c2cccc(F)c2)nc2ccccc2c1=O. The Bertz CT molecular complexity index is 1450. The topological polar surface area (TPSA) is 121 Å². The smallest absolute Gasteiger partial charge is 0.261 e. The van der Waals surface area contributed by atoms with E-state index in [2.05, 4.69) is 15.2 Å². The Hall–Kier alpha value is -3.77. The Labute approximate surface area is 203 Å². The minimum absolute atomic E-state index is 0.212. The number of morpholine rings is 1. The highest BCUT2D eigenvalue weighted by molar-refractivity contribution is 7.98. The molecule has 3 heterocycles. The molecule has 0 radical (unpaired) electrons. The number of ether oxygens (including phenoxy) is 1. The fraction of sp³-hybridized carbons (Fsp3) is 0.261. The zero-order valence-corrected chi connectivity index (χ0v) is 19.4. The summed E-state index contributed by atoms with van der Waals surface area (Å²) in [7, 11) is 0. The number of nitrogens with two attached hydrogens (primary N) is 1. The molecule has 0 aliphatic carbocycles. The Morgan fingerprint density at radius 2 is 1.91 bits per heavy atom. The molecule has 1 fully saturated rings. The molecule has 12 heteroatoms. The average Bonchev–Trinajstić information content (AvgIpc) is 3.29. The second-order valence-electron chi connectivity index (χ2n) is 7.89. The molecule has 1 aliphatic heterocycles. The number of halogens is 1. The highest BCUT2D eigenvalue weighted by Crippen LogP contribution is 2.29. The van der Waals surface area contributed by atoms with Crippen molar-refractivity contribution in [1.29, 1.82) is 0 Å². The van der Waals surface area contributed by atoms with Crippen LogP contribution in [0, 0.1) is 5.82 Å². The number of nitrogens with zero attached hydrogens (tertiary/aromatic N) is 6. The lowest BCUT2D eigenvalue weighted by Gasteiger charge is -2.27. The number of rotatable bonds is 7. The maximum atomic E-state index is 14.1. The van der Waals surface area contributed by atoms with Gasteiger partial charge in [0.25, 0.3) is 5.56 Å². The molecule has 1 amide bonds. The third-order valence-electron chi connectivity index (χ3n) is 5.56. The number of carbonyl (C=O) groups excluding carboxylic acids is 1.